The van der Waals surface area contributed by atoms with Gasteiger partial charge in [0.25, 0.3) is 5.69 Å². The van der Waals surface area contributed by atoms with E-state index in [0.717, 1.165) is 10.6 Å². The lowest BCUT2D eigenvalue weighted by Gasteiger charge is -2.19. The van der Waals surface area contributed by atoms with Crippen molar-refractivity contribution >= 4 is 45.3 Å². The molecule has 0 aromatic rings. The van der Waals surface area contributed by atoms with Crippen LogP contribution in [0.15, 0.2) is 0 Å². The highest BCUT2D eigenvalue weighted by atomic mass is 32.9. The van der Waals surface area contributed by atoms with Gasteiger partial charge in [-0.15, -0.1) is 0 Å². The van der Waals surface area contributed by atoms with E-state index in [4.69, 9.17) is 33.1 Å². The maximum atomic E-state index is 5.42. The van der Waals surface area contributed by atoms with Crippen LogP contribution in [0.25, 0.3) is 0 Å². The molecule has 0 fully saturated rings. The molecule has 0 radical (unpaired) electrons. The fraction of sp³-hybridized carbons (Fsp3) is 0.857. The second-order valence-electron chi connectivity index (χ2n) is 2.10. The topological polar surface area (TPSA) is 18.5 Å². The first kappa shape index (κ1) is 14.0. The standard InChI is InChI=1S/C7H15O2PS3/c1-4-7(11)13-10(12,8-5-2)9-6-3/h4-6H2,1-3H3. The van der Waals surface area contributed by atoms with Gasteiger partial charge in [0.1, 0.15) is 0 Å². The normalized spacial score (nSPS) is 11.6. The molecule has 0 aliphatic rings. The lowest BCUT2D eigenvalue weighted by atomic mass is 10.6. The first-order chi connectivity index (χ1) is 6.08. The second-order valence-corrected chi connectivity index (χ2v) is 9.06. The van der Waals surface area contributed by atoms with E-state index in [1.807, 2.05) is 20.8 Å². The van der Waals surface area contributed by atoms with Gasteiger partial charge in [-0.3, -0.25) is 0 Å². The maximum Gasteiger partial charge on any atom is 0.252 e. The zero-order valence-corrected chi connectivity index (χ0v) is 11.5. The van der Waals surface area contributed by atoms with Gasteiger partial charge in [0.2, 0.25) is 0 Å². The van der Waals surface area contributed by atoms with Crippen LogP contribution in [0.5, 0.6) is 0 Å². The van der Waals surface area contributed by atoms with Crippen molar-refractivity contribution in [1.82, 2.24) is 0 Å². The van der Waals surface area contributed by atoms with Crippen LogP contribution in [0.2, 0.25) is 0 Å². The Labute approximate surface area is 94.7 Å². The van der Waals surface area contributed by atoms with E-state index in [2.05, 4.69) is 0 Å². The van der Waals surface area contributed by atoms with Crippen LogP contribution in [0.4, 0.5) is 0 Å². The van der Waals surface area contributed by atoms with Gasteiger partial charge in [-0.05, 0) is 43.5 Å². The summed E-state index contributed by atoms with van der Waals surface area (Å²) in [6.07, 6.45) is 0.832. The summed E-state index contributed by atoms with van der Waals surface area (Å²) in [5.41, 5.74) is -2.18. The highest BCUT2D eigenvalue weighted by Gasteiger charge is 2.20. The van der Waals surface area contributed by atoms with Crippen molar-refractivity contribution in [2.45, 2.75) is 27.2 Å². The summed E-state index contributed by atoms with van der Waals surface area (Å²) in [6, 6.07) is 0. The van der Waals surface area contributed by atoms with Crippen LogP contribution in [-0.4, -0.2) is 17.4 Å². The summed E-state index contributed by atoms with van der Waals surface area (Å²) in [5, 5.41) is 0. The van der Waals surface area contributed by atoms with Crippen LogP contribution < -0.4 is 0 Å². The van der Waals surface area contributed by atoms with Gasteiger partial charge in [-0.1, -0.05) is 19.1 Å². The molecule has 0 aliphatic heterocycles. The monoisotopic (exact) mass is 258 g/mol. The molecule has 78 valence electrons. The molecule has 0 unspecified atom stereocenters. The zero-order chi connectivity index (χ0) is 10.3. The van der Waals surface area contributed by atoms with Crippen molar-refractivity contribution in [1.29, 1.82) is 0 Å². The Morgan fingerprint density at radius 1 is 1.23 bits per heavy atom. The third-order valence-corrected chi connectivity index (χ3v) is 7.12. The fourth-order valence-corrected chi connectivity index (χ4v) is 6.62. The number of rotatable bonds is 6. The summed E-state index contributed by atoms with van der Waals surface area (Å²) >= 11 is 11.8. The lowest BCUT2D eigenvalue weighted by molar-refractivity contribution is 0.281. The van der Waals surface area contributed by atoms with E-state index >= 15 is 0 Å². The molecule has 0 rings (SSSR count). The summed E-state index contributed by atoms with van der Waals surface area (Å²) in [5.74, 6) is 0. The molecule has 0 spiro atoms. The van der Waals surface area contributed by atoms with Crippen LogP contribution in [0.3, 0.4) is 0 Å². The first-order valence-corrected chi connectivity index (χ1v) is 8.66. The summed E-state index contributed by atoms with van der Waals surface area (Å²) in [6.45, 7) is 6.99. The van der Waals surface area contributed by atoms with Gasteiger partial charge >= 0.3 is 0 Å². The second kappa shape index (κ2) is 7.32. The molecule has 0 atom stereocenters. The highest BCUT2D eigenvalue weighted by Crippen LogP contribution is 2.61. The minimum atomic E-state index is -2.18. The number of hydrogen-bond donors (Lipinski definition) is 0. The third-order valence-electron chi connectivity index (χ3n) is 1.08. The molecule has 0 aliphatic carbocycles. The van der Waals surface area contributed by atoms with E-state index in [0.29, 0.717) is 13.2 Å². The van der Waals surface area contributed by atoms with Gasteiger partial charge < -0.3 is 9.05 Å². The Morgan fingerprint density at radius 3 is 2.00 bits per heavy atom. The molecule has 2 nitrogen and oxygen atoms in total. The van der Waals surface area contributed by atoms with Crippen LogP contribution >= 0.6 is 29.3 Å². The minimum absolute atomic E-state index is 0.580. The Morgan fingerprint density at radius 2 is 1.69 bits per heavy atom. The van der Waals surface area contributed by atoms with E-state index in [9.17, 15) is 0 Å². The number of hydrogen-bond acceptors (Lipinski definition) is 5. The molecule has 13 heavy (non-hydrogen) atoms. The molecule has 0 aromatic carbocycles. The predicted octanol–water partition coefficient (Wildman–Crippen LogP) is 3.75. The first-order valence-electron chi connectivity index (χ1n) is 4.19. The molecule has 0 aromatic heterocycles. The molecule has 0 amide bonds. The van der Waals surface area contributed by atoms with Crippen molar-refractivity contribution in [3.05, 3.63) is 0 Å². The molecule has 6 heteroatoms. The Hall–Kier alpha value is 1.01. The SMILES string of the molecule is CCOP(=S)(OCC)SC(=S)CC. The lowest BCUT2D eigenvalue weighted by Crippen LogP contribution is -1.94. The summed E-state index contributed by atoms with van der Waals surface area (Å²) in [4.78, 5) is 0. The Kier molecular flexibility index (Phi) is 7.89. The Balaban J connectivity index is 4.23. The molecule has 0 saturated carbocycles. The molecular formula is C7H15O2PS3. The smallest absolute Gasteiger partial charge is 0.252 e. The fourth-order valence-electron chi connectivity index (χ4n) is 0.595. The van der Waals surface area contributed by atoms with Crippen molar-refractivity contribution in [3.8, 4) is 0 Å². The molecule has 0 saturated heterocycles. The molecule has 0 N–H and O–H groups in total. The van der Waals surface area contributed by atoms with Crippen LogP contribution in [-0.2, 0) is 20.9 Å². The summed E-state index contributed by atoms with van der Waals surface area (Å²) in [7, 11) is 0. The van der Waals surface area contributed by atoms with E-state index in [1.165, 1.54) is 11.4 Å². The van der Waals surface area contributed by atoms with Crippen molar-refractivity contribution in [2.24, 2.45) is 0 Å². The van der Waals surface area contributed by atoms with Crippen molar-refractivity contribution < 1.29 is 9.05 Å². The van der Waals surface area contributed by atoms with Gasteiger partial charge in [0.15, 0.2) is 0 Å². The van der Waals surface area contributed by atoms with E-state index < -0.39 is 5.69 Å². The van der Waals surface area contributed by atoms with E-state index in [-0.39, 0.29) is 0 Å². The highest BCUT2D eigenvalue weighted by molar-refractivity contribution is 8.75. The predicted molar refractivity (Wildman–Crippen MR) is 68.0 cm³/mol. The summed E-state index contributed by atoms with van der Waals surface area (Å²) < 4.78 is 11.7. The molecular weight excluding hydrogens is 243 g/mol. The quantitative estimate of drug-likeness (QED) is 0.532. The van der Waals surface area contributed by atoms with Gasteiger partial charge in [-0.2, -0.15) is 0 Å². The molecule has 0 heterocycles. The Bertz CT molecular complexity index is 198. The van der Waals surface area contributed by atoms with Crippen LogP contribution in [0.1, 0.15) is 27.2 Å². The largest absolute Gasteiger partial charge is 0.322 e. The van der Waals surface area contributed by atoms with Gasteiger partial charge in [0, 0.05) is 0 Å². The number of thiocarbonyl (C=S) groups is 1. The van der Waals surface area contributed by atoms with Crippen LogP contribution in [0, 0.1) is 0 Å². The third kappa shape index (κ3) is 6.15. The van der Waals surface area contributed by atoms with Gasteiger partial charge in [-0.25, -0.2) is 0 Å². The maximum absolute atomic E-state index is 5.42. The minimum Gasteiger partial charge on any atom is -0.322 e. The van der Waals surface area contributed by atoms with Gasteiger partial charge in [0.05, 0.1) is 17.4 Å². The molecule has 0 bridgehead atoms. The van der Waals surface area contributed by atoms with E-state index in [1.54, 1.807) is 0 Å². The van der Waals surface area contributed by atoms with Crippen molar-refractivity contribution in [3.63, 3.8) is 0 Å². The average molecular weight is 258 g/mol. The zero-order valence-electron chi connectivity index (χ0n) is 8.11. The van der Waals surface area contributed by atoms with Crippen molar-refractivity contribution in [2.75, 3.05) is 13.2 Å². The average Bonchev–Trinajstić information content (AvgIpc) is 2.04.